The summed E-state index contributed by atoms with van der Waals surface area (Å²) in [7, 11) is -3.67. The van der Waals surface area contributed by atoms with Gasteiger partial charge < -0.3 is 5.73 Å². The molecule has 0 radical (unpaired) electrons. The molecular formula is C8H10F2N2O2S. The van der Waals surface area contributed by atoms with Gasteiger partial charge in [-0.3, -0.25) is 4.72 Å². The SMILES string of the molecule is CCS(=O)(=O)Nc1c(N)ccc(F)c1F. The Kier molecular flexibility index (Phi) is 3.13. The Hall–Kier alpha value is -1.37. The zero-order chi connectivity index (χ0) is 11.6. The van der Waals surface area contributed by atoms with Gasteiger partial charge in [-0.1, -0.05) is 0 Å². The van der Waals surface area contributed by atoms with E-state index in [-0.39, 0.29) is 11.4 Å². The fourth-order valence-electron chi connectivity index (χ4n) is 0.897. The van der Waals surface area contributed by atoms with E-state index in [9.17, 15) is 17.2 Å². The van der Waals surface area contributed by atoms with Crippen LogP contribution in [-0.4, -0.2) is 14.2 Å². The Balaban J connectivity index is 3.21. The maximum atomic E-state index is 13.1. The number of anilines is 2. The fraction of sp³-hybridized carbons (Fsp3) is 0.250. The van der Waals surface area contributed by atoms with Crippen molar-refractivity contribution in [3.05, 3.63) is 23.8 Å². The summed E-state index contributed by atoms with van der Waals surface area (Å²) in [6.07, 6.45) is 0. The molecule has 0 saturated heterocycles. The van der Waals surface area contributed by atoms with E-state index in [1.165, 1.54) is 6.92 Å². The van der Waals surface area contributed by atoms with Crippen LogP contribution in [0.4, 0.5) is 20.2 Å². The van der Waals surface area contributed by atoms with Crippen molar-refractivity contribution in [3.63, 3.8) is 0 Å². The van der Waals surface area contributed by atoms with Crippen LogP contribution in [0.2, 0.25) is 0 Å². The van der Waals surface area contributed by atoms with E-state index in [0.29, 0.717) is 0 Å². The summed E-state index contributed by atoms with van der Waals surface area (Å²) < 4.78 is 50.1. The predicted molar refractivity (Wildman–Crippen MR) is 53.9 cm³/mol. The molecule has 0 bridgehead atoms. The summed E-state index contributed by atoms with van der Waals surface area (Å²) in [4.78, 5) is 0. The predicted octanol–water partition coefficient (Wildman–Crippen LogP) is 1.31. The van der Waals surface area contributed by atoms with E-state index in [1.54, 1.807) is 0 Å². The smallest absolute Gasteiger partial charge is 0.232 e. The first-order chi connectivity index (χ1) is 6.87. The zero-order valence-electron chi connectivity index (χ0n) is 7.92. The first-order valence-electron chi connectivity index (χ1n) is 4.11. The molecule has 4 nitrogen and oxygen atoms in total. The highest BCUT2D eigenvalue weighted by Gasteiger charge is 2.16. The molecule has 0 aliphatic rings. The van der Waals surface area contributed by atoms with Crippen LogP contribution in [0.1, 0.15) is 6.92 Å². The summed E-state index contributed by atoms with van der Waals surface area (Å²) in [6, 6.07) is 1.92. The van der Waals surface area contributed by atoms with Crippen LogP contribution in [0, 0.1) is 11.6 Å². The van der Waals surface area contributed by atoms with Gasteiger partial charge in [-0.25, -0.2) is 17.2 Å². The van der Waals surface area contributed by atoms with Crippen molar-refractivity contribution in [2.24, 2.45) is 0 Å². The molecule has 0 saturated carbocycles. The summed E-state index contributed by atoms with van der Waals surface area (Å²) in [5.41, 5.74) is 4.61. The molecule has 1 aromatic carbocycles. The van der Waals surface area contributed by atoms with Crippen LogP contribution in [0.5, 0.6) is 0 Å². The zero-order valence-corrected chi connectivity index (χ0v) is 8.74. The molecule has 0 unspecified atom stereocenters. The summed E-state index contributed by atoms with van der Waals surface area (Å²) >= 11 is 0. The van der Waals surface area contributed by atoms with Gasteiger partial charge in [-0.05, 0) is 19.1 Å². The highest BCUT2D eigenvalue weighted by molar-refractivity contribution is 7.92. The number of nitrogens with one attached hydrogen (secondary N) is 1. The fourth-order valence-corrected chi connectivity index (χ4v) is 1.56. The molecule has 7 heteroatoms. The van der Waals surface area contributed by atoms with E-state index in [2.05, 4.69) is 0 Å². The molecule has 0 spiro atoms. The highest BCUT2D eigenvalue weighted by atomic mass is 32.2. The lowest BCUT2D eigenvalue weighted by atomic mass is 10.2. The average molecular weight is 236 g/mol. The van der Waals surface area contributed by atoms with Crippen molar-refractivity contribution in [3.8, 4) is 0 Å². The van der Waals surface area contributed by atoms with E-state index < -0.39 is 27.3 Å². The Morgan fingerprint density at radius 1 is 1.40 bits per heavy atom. The van der Waals surface area contributed by atoms with Crippen molar-refractivity contribution in [2.45, 2.75) is 6.92 Å². The molecule has 0 aromatic heterocycles. The molecule has 84 valence electrons. The first-order valence-corrected chi connectivity index (χ1v) is 5.76. The number of benzene rings is 1. The standard InChI is InChI=1S/C8H10F2N2O2S/c1-2-15(13,14)12-8-6(11)4-3-5(9)7(8)10/h3-4,12H,2,11H2,1H3. The van der Waals surface area contributed by atoms with Gasteiger partial charge in [0.25, 0.3) is 0 Å². The Morgan fingerprint density at radius 3 is 2.53 bits per heavy atom. The third-order valence-corrected chi connectivity index (χ3v) is 3.04. The molecule has 1 rings (SSSR count). The molecule has 0 atom stereocenters. The Bertz CT molecular complexity index is 474. The van der Waals surface area contributed by atoms with Gasteiger partial charge in [0.05, 0.1) is 11.4 Å². The number of nitrogen functional groups attached to an aromatic ring is 1. The van der Waals surface area contributed by atoms with Crippen molar-refractivity contribution in [2.75, 3.05) is 16.2 Å². The number of sulfonamides is 1. The molecule has 0 fully saturated rings. The van der Waals surface area contributed by atoms with Crippen LogP contribution in [0.3, 0.4) is 0 Å². The van der Waals surface area contributed by atoms with Crippen molar-refractivity contribution in [1.82, 2.24) is 0 Å². The maximum Gasteiger partial charge on any atom is 0.232 e. The highest BCUT2D eigenvalue weighted by Crippen LogP contribution is 2.25. The van der Waals surface area contributed by atoms with Gasteiger partial charge in [0, 0.05) is 0 Å². The molecule has 0 aliphatic heterocycles. The van der Waals surface area contributed by atoms with Crippen molar-refractivity contribution >= 4 is 21.4 Å². The second-order valence-electron chi connectivity index (χ2n) is 2.83. The third kappa shape index (κ3) is 2.56. The lowest BCUT2D eigenvalue weighted by Gasteiger charge is -2.09. The molecule has 0 aliphatic carbocycles. The normalized spacial score (nSPS) is 11.4. The number of hydrogen-bond acceptors (Lipinski definition) is 3. The molecule has 0 amide bonds. The second kappa shape index (κ2) is 4.01. The minimum atomic E-state index is -3.67. The number of rotatable bonds is 3. The van der Waals surface area contributed by atoms with E-state index in [1.807, 2.05) is 4.72 Å². The minimum Gasteiger partial charge on any atom is -0.397 e. The van der Waals surface area contributed by atoms with Crippen LogP contribution < -0.4 is 10.5 Å². The molecule has 3 N–H and O–H groups in total. The van der Waals surface area contributed by atoms with Gasteiger partial charge >= 0.3 is 0 Å². The van der Waals surface area contributed by atoms with Crippen LogP contribution >= 0.6 is 0 Å². The van der Waals surface area contributed by atoms with Gasteiger partial charge in [-0.2, -0.15) is 0 Å². The monoisotopic (exact) mass is 236 g/mol. The third-order valence-electron chi connectivity index (χ3n) is 1.76. The number of nitrogens with two attached hydrogens (primary N) is 1. The largest absolute Gasteiger partial charge is 0.397 e. The second-order valence-corrected chi connectivity index (χ2v) is 4.84. The first kappa shape index (κ1) is 11.7. The summed E-state index contributed by atoms with van der Waals surface area (Å²) in [6.45, 7) is 1.37. The average Bonchev–Trinajstić information content (AvgIpc) is 2.19. The van der Waals surface area contributed by atoms with Gasteiger partial charge in [0.15, 0.2) is 11.6 Å². The van der Waals surface area contributed by atoms with Gasteiger partial charge in [0.2, 0.25) is 10.0 Å². The molecule has 0 heterocycles. The Morgan fingerprint density at radius 2 is 2.00 bits per heavy atom. The summed E-state index contributed by atoms with van der Waals surface area (Å²) in [5, 5.41) is 0. The number of hydrogen-bond donors (Lipinski definition) is 2. The Labute approximate surface area is 86.1 Å². The van der Waals surface area contributed by atoms with E-state index >= 15 is 0 Å². The van der Waals surface area contributed by atoms with E-state index in [0.717, 1.165) is 12.1 Å². The molecule has 1 aromatic rings. The quantitative estimate of drug-likeness (QED) is 0.777. The van der Waals surface area contributed by atoms with Crippen LogP contribution in [-0.2, 0) is 10.0 Å². The van der Waals surface area contributed by atoms with Crippen LogP contribution in [0.25, 0.3) is 0 Å². The van der Waals surface area contributed by atoms with E-state index in [4.69, 9.17) is 5.73 Å². The topological polar surface area (TPSA) is 72.2 Å². The molecular weight excluding hydrogens is 226 g/mol. The number of halogens is 2. The van der Waals surface area contributed by atoms with Crippen molar-refractivity contribution < 1.29 is 17.2 Å². The lowest BCUT2D eigenvalue weighted by Crippen LogP contribution is -2.17. The summed E-state index contributed by atoms with van der Waals surface area (Å²) in [5.74, 6) is -2.70. The molecule has 15 heavy (non-hydrogen) atoms. The van der Waals surface area contributed by atoms with Gasteiger partial charge in [0.1, 0.15) is 5.69 Å². The minimum absolute atomic E-state index is 0.161. The van der Waals surface area contributed by atoms with Crippen LogP contribution in [0.15, 0.2) is 12.1 Å². The van der Waals surface area contributed by atoms with Crippen molar-refractivity contribution in [1.29, 1.82) is 0 Å². The van der Waals surface area contributed by atoms with Gasteiger partial charge in [-0.15, -0.1) is 0 Å². The lowest BCUT2D eigenvalue weighted by molar-refractivity contribution is 0.512. The maximum absolute atomic E-state index is 13.1.